The minimum Gasteiger partial charge on any atom is -0.456 e. The maximum Gasteiger partial charge on any atom is 0.195 e. The van der Waals surface area contributed by atoms with E-state index in [0.717, 1.165) is 30.6 Å². The average molecular weight is 308 g/mol. The van der Waals surface area contributed by atoms with Crippen LogP contribution in [0.2, 0.25) is 0 Å². The van der Waals surface area contributed by atoms with Gasteiger partial charge in [-0.1, -0.05) is 31.5 Å². The molecule has 1 heterocycles. The summed E-state index contributed by atoms with van der Waals surface area (Å²) in [6, 6.07) is 14.6. The number of unbranched alkanes of at least 4 members (excludes halogenated alkanes) is 1. The molecule has 0 spiro atoms. The average Bonchev–Trinajstić information content (AvgIpc) is 2.55. The van der Waals surface area contributed by atoms with Gasteiger partial charge in [-0.25, -0.2) is 0 Å². The van der Waals surface area contributed by atoms with Gasteiger partial charge < -0.3 is 15.5 Å². The van der Waals surface area contributed by atoms with Gasteiger partial charge in [0.15, 0.2) is 5.43 Å². The molecule has 0 unspecified atom stereocenters. The summed E-state index contributed by atoms with van der Waals surface area (Å²) in [4.78, 5) is 12.4. The molecule has 4 heteroatoms. The second kappa shape index (κ2) is 6.57. The lowest BCUT2D eigenvalue weighted by molar-refractivity contribution is 0.619. The van der Waals surface area contributed by atoms with E-state index < -0.39 is 0 Å². The van der Waals surface area contributed by atoms with Crippen molar-refractivity contribution in [2.45, 2.75) is 19.8 Å². The van der Waals surface area contributed by atoms with Crippen molar-refractivity contribution >= 4 is 22.3 Å². The summed E-state index contributed by atoms with van der Waals surface area (Å²) in [5.74, 6) is 0.549. The van der Waals surface area contributed by atoms with Crippen molar-refractivity contribution in [2.24, 2.45) is 0 Å². The summed E-state index contributed by atoms with van der Waals surface area (Å²) in [7, 11) is 0. The van der Waals surface area contributed by atoms with Crippen molar-refractivity contribution in [3.8, 4) is 11.3 Å². The molecule has 118 valence electrons. The van der Waals surface area contributed by atoms with Gasteiger partial charge in [-0.2, -0.15) is 0 Å². The zero-order valence-electron chi connectivity index (χ0n) is 13.1. The molecule has 0 saturated carbocycles. The highest BCUT2D eigenvalue weighted by Gasteiger charge is 2.11. The van der Waals surface area contributed by atoms with E-state index in [9.17, 15) is 4.79 Å². The van der Waals surface area contributed by atoms with Crippen LogP contribution in [0.4, 0.5) is 11.4 Å². The van der Waals surface area contributed by atoms with Gasteiger partial charge in [-0.05, 0) is 30.7 Å². The second-order valence-corrected chi connectivity index (χ2v) is 5.52. The molecule has 0 bridgehead atoms. The molecule has 0 aliphatic carbocycles. The SMILES string of the molecule is CCCCNc1ccccc1-c1cc(=O)c2c(N)cccc2o1. The number of fused-ring (bicyclic) bond motifs is 1. The Kier molecular flexibility index (Phi) is 4.33. The lowest BCUT2D eigenvalue weighted by Crippen LogP contribution is -2.05. The quantitative estimate of drug-likeness (QED) is 0.546. The van der Waals surface area contributed by atoms with Crippen LogP contribution in [0, 0.1) is 0 Å². The van der Waals surface area contributed by atoms with Crippen LogP contribution in [0.15, 0.2) is 57.7 Å². The number of anilines is 2. The fourth-order valence-corrected chi connectivity index (χ4v) is 2.62. The number of hydrogen-bond donors (Lipinski definition) is 2. The van der Waals surface area contributed by atoms with Crippen molar-refractivity contribution in [1.29, 1.82) is 0 Å². The van der Waals surface area contributed by atoms with E-state index in [-0.39, 0.29) is 5.43 Å². The zero-order valence-corrected chi connectivity index (χ0v) is 13.1. The molecule has 3 aromatic rings. The van der Waals surface area contributed by atoms with Gasteiger partial charge >= 0.3 is 0 Å². The zero-order chi connectivity index (χ0) is 16.2. The first-order chi connectivity index (χ1) is 11.2. The molecular weight excluding hydrogens is 288 g/mol. The molecule has 0 aliphatic heterocycles. The summed E-state index contributed by atoms with van der Waals surface area (Å²) in [5.41, 5.74) is 8.56. The molecule has 0 atom stereocenters. The fraction of sp³-hybridized carbons (Fsp3) is 0.211. The summed E-state index contributed by atoms with van der Waals surface area (Å²) in [6.07, 6.45) is 2.21. The standard InChI is InChI=1S/C19H20N2O2/c1-2-3-11-21-15-9-5-4-7-13(15)18-12-16(22)19-14(20)8-6-10-17(19)23-18/h4-10,12,21H,2-3,11,20H2,1H3. The van der Waals surface area contributed by atoms with E-state index in [1.807, 2.05) is 24.3 Å². The van der Waals surface area contributed by atoms with Gasteiger partial charge in [0, 0.05) is 29.5 Å². The Hall–Kier alpha value is -2.75. The predicted octanol–water partition coefficient (Wildman–Crippen LogP) is 4.25. The van der Waals surface area contributed by atoms with Crippen molar-refractivity contribution in [3.05, 3.63) is 58.8 Å². The predicted molar refractivity (Wildman–Crippen MR) is 95.7 cm³/mol. The van der Waals surface area contributed by atoms with Crippen LogP contribution in [-0.2, 0) is 0 Å². The molecule has 2 aromatic carbocycles. The van der Waals surface area contributed by atoms with Crippen LogP contribution < -0.4 is 16.5 Å². The molecule has 0 amide bonds. The second-order valence-electron chi connectivity index (χ2n) is 5.52. The highest BCUT2D eigenvalue weighted by Crippen LogP contribution is 2.30. The van der Waals surface area contributed by atoms with Crippen LogP contribution in [0.3, 0.4) is 0 Å². The number of para-hydroxylation sites is 1. The molecule has 0 fully saturated rings. The molecule has 3 N–H and O–H groups in total. The first-order valence-electron chi connectivity index (χ1n) is 7.86. The molecule has 0 saturated heterocycles. The van der Waals surface area contributed by atoms with Gasteiger partial charge in [-0.3, -0.25) is 4.79 Å². The minimum atomic E-state index is -0.122. The Morgan fingerprint density at radius 3 is 2.78 bits per heavy atom. The van der Waals surface area contributed by atoms with Crippen LogP contribution in [-0.4, -0.2) is 6.54 Å². The lowest BCUT2D eigenvalue weighted by Gasteiger charge is -2.11. The van der Waals surface area contributed by atoms with Crippen molar-refractivity contribution in [1.82, 2.24) is 0 Å². The van der Waals surface area contributed by atoms with Gasteiger partial charge in [0.25, 0.3) is 0 Å². The number of hydrogen-bond acceptors (Lipinski definition) is 4. The number of nitrogens with two attached hydrogens (primary N) is 1. The summed E-state index contributed by atoms with van der Waals surface area (Å²) in [5, 5.41) is 3.84. The van der Waals surface area contributed by atoms with Crippen LogP contribution >= 0.6 is 0 Å². The Balaban J connectivity index is 2.09. The van der Waals surface area contributed by atoms with E-state index in [1.165, 1.54) is 6.07 Å². The van der Waals surface area contributed by atoms with E-state index in [4.69, 9.17) is 10.2 Å². The van der Waals surface area contributed by atoms with Gasteiger partial charge in [0.1, 0.15) is 11.3 Å². The Morgan fingerprint density at radius 1 is 1.13 bits per heavy atom. The van der Waals surface area contributed by atoms with Crippen LogP contribution in [0.25, 0.3) is 22.3 Å². The normalized spacial score (nSPS) is 10.8. The number of rotatable bonds is 5. The Morgan fingerprint density at radius 2 is 1.96 bits per heavy atom. The Bertz CT molecular complexity index is 884. The highest BCUT2D eigenvalue weighted by molar-refractivity contribution is 5.90. The first kappa shape index (κ1) is 15.2. The smallest absolute Gasteiger partial charge is 0.195 e. The van der Waals surface area contributed by atoms with Crippen molar-refractivity contribution in [3.63, 3.8) is 0 Å². The van der Waals surface area contributed by atoms with E-state index in [1.54, 1.807) is 18.2 Å². The maximum absolute atomic E-state index is 12.4. The highest BCUT2D eigenvalue weighted by atomic mass is 16.3. The van der Waals surface area contributed by atoms with Crippen molar-refractivity contribution < 1.29 is 4.42 Å². The molecular formula is C19H20N2O2. The van der Waals surface area contributed by atoms with Crippen LogP contribution in [0.1, 0.15) is 19.8 Å². The van der Waals surface area contributed by atoms with E-state index in [0.29, 0.717) is 22.4 Å². The van der Waals surface area contributed by atoms with Gasteiger partial charge in [-0.15, -0.1) is 0 Å². The Labute approximate surface area is 134 Å². The van der Waals surface area contributed by atoms with Crippen molar-refractivity contribution in [2.75, 3.05) is 17.6 Å². The summed E-state index contributed by atoms with van der Waals surface area (Å²) >= 11 is 0. The fourth-order valence-electron chi connectivity index (χ4n) is 2.62. The van der Waals surface area contributed by atoms with Gasteiger partial charge in [0.2, 0.25) is 0 Å². The molecule has 1 aromatic heterocycles. The largest absolute Gasteiger partial charge is 0.456 e. The summed E-state index contributed by atoms with van der Waals surface area (Å²) in [6.45, 7) is 3.04. The molecule has 4 nitrogen and oxygen atoms in total. The number of benzene rings is 2. The lowest BCUT2D eigenvalue weighted by atomic mass is 10.1. The maximum atomic E-state index is 12.4. The third-order valence-electron chi connectivity index (χ3n) is 3.83. The third-order valence-corrected chi connectivity index (χ3v) is 3.83. The third kappa shape index (κ3) is 3.06. The molecule has 3 rings (SSSR count). The minimum absolute atomic E-state index is 0.122. The topological polar surface area (TPSA) is 68.3 Å². The molecule has 0 radical (unpaired) electrons. The molecule has 23 heavy (non-hydrogen) atoms. The van der Waals surface area contributed by atoms with Gasteiger partial charge in [0.05, 0.1) is 5.39 Å². The van der Waals surface area contributed by atoms with E-state index in [2.05, 4.69) is 12.2 Å². The van der Waals surface area contributed by atoms with Crippen LogP contribution in [0.5, 0.6) is 0 Å². The number of nitrogens with one attached hydrogen (secondary N) is 1. The van der Waals surface area contributed by atoms with E-state index >= 15 is 0 Å². The molecule has 0 aliphatic rings. The monoisotopic (exact) mass is 308 g/mol. The first-order valence-corrected chi connectivity index (χ1v) is 7.86. The number of nitrogen functional groups attached to an aromatic ring is 1. The summed E-state index contributed by atoms with van der Waals surface area (Å²) < 4.78 is 5.94.